The normalized spacial score (nSPS) is 10.9. The highest BCUT2D eigenvalue weighted by Gasteiger charge is 2.17. The number of rotatable bonds is 8. The minimum absolute atomic E-state index is 0.0454. The summed E-state index contributed by atoms with van der Waals surface area (Å²) in [5, 5.41) is 3.20. The third kappa shape index (κ3) is 6.04. The van der Waals surface area contributed by atoms with E-state index in [-0.39, 0.29) is 22.3 Å². The maximum atomic E-state index is 12.6. The molecule has 7 nitrogen and oxygen atoms in total. The molecule has 31 heavy (non-hydrogen) atoms. The number of carbonyl (C=O) groups excluding carboxylic acids is 1. The molecule has 2 N–H and O–H groups in total. The fourth-order valence-corrected chi connectivity index (χ4v) is 4.09. The average Bonchev–Trinajstić information content (AvgIpc) is 2.74. The van der Waals surface area contributed by atoms with Crippen molar-refractivity contribution in [3.05, 3.63) is 76.8 Å². The van der Waals surface area contributed by atoms with E-state index in [0.29, 0.717) is 22.1 Å². The van der Waals surface area contributed by atoms with Crippen LogP contribution < -0.4 is 19.5 Å². The standard InChI is InChI=1S/C21H18Cl2N2O5S/c1-29-20-5-3-2-4-18(20)24-21(26)13-30-19-11-10-16(12-17(19)23)31(27,28)25-15-8-6-14(22)7-9-15/h2-12,25H,13H2,1H3,(H,24,26). The molecule has 0 fully saturated rings. The Bertz CT molecular complexity index is 1180. The van der Waals surface area contributed by atoms with Gasteiger partial charge in [-0.1, -0.05) is 35.3 Å². The van der Waals surface area contributed by atoms with Gasteiger partial charge in [-0.2, -0.15) is 0 Å². The van der Waals surface area contributed by atoms with Crippen LogP contribution in [-0.4, -0.2) is 28.0 Å². The number of halogens is 2. The molecule has 0 saturated carbocycles. The van der Waals surface area contributed by atoms with Crippen molar-refractivity contribution in [2.24, 2.45) is 0 Å². The third-order valence-corrected chi connectivity index (χ3v) is 5.98. The van der Waals surface area contributed by atoms with Crippen LogP contribution in [-0.2, 0) is 14.8 Å². The van der Waals surface area contributed by atoms with Crippen LogP contribution in [0.5, 0.6) is 11.5 Å². The minimum atomic E-state index is -3.87. The molecule has 0 bridgehead atoms. The van der Waals surface area contributed by atoms with Crippen LogP contribution >= 0.6 is 23.2 Å². The molecule has 0 heterocycles. The lowest BCUT2D eigenvalue weighted by Gasteiger charge is -2.12. The number of amides is 1. The van der Waals surface area contributed by atoms with E-state index in [4.69, 9.17) is 32.7 Å². The van der Waals surface area contributed by atoms with Gasteiger partial charge in [-0.3, -0.25) is 9.52 Å². The molecule has 0 aromatic heterocycles. The SMILES string of the molecule is COc1ccccc1NC(=O)COc1ccc(S(=O)(=O)Nc2ccc(Cl)cc2)cc1Cl. The predicted octanol–water partition coefficient (Wildman–Crippen LogP) is 4.82. The number of sulfonamides is 1. The Morgan fingerprint density at radius 2 is 1.68 bits per heavy atom. The summed E-state index contributed by atoms with van der Waals surface area (Å²) in [6.45, 7) is -0.326. The van der Waals surface area contributed by atoms with Crippen molar-refractivity contribution in [1.29, 1.82) is 0 Å². The van der Waals surface area contributed by atoms with Crippen LogP contribution in [0.2, 0.25) is 10.0 Å². The molecule has 0 aliphatic heterocycles. The molecular formula is C21H18Cl2N2O5S. The fraction of sp³-hybridized carbons (Fsp3) is 0.0952. The number of hydrogen-bond donors (Lipinski definition) is 2. The maximum Gasteiger partial charge on any atom is 0.262 e. The Balaban J connectivity index is 1.65. The number of para-hydroxylation sites is 2. The molecule has 0 atom stereocenters. The molecule has 3 aromatic rings. The third-order valence-electron chi connectivity index (χ3n) is 4.05. The highest BCUT2D eigenvalue weighted by atomic mass is 35.5. The highest BCUT2D eigenvalue weighted by molar-refractivity contribution is 7.92. The van der Waals surface area contributed by atoms with Gasteiger partial charge in [0.1, 0.15) is 11.5 Å². The van der Waals surface area contributed by atoms with Crippen LogP contribution in [0.4, 0.5) is 11.4 Å². The van der Waals surface area contributed by atoms with Crippen molar-refractivity contribution >= 4 is 50.5 Å². The molecule has 0 saturated heterocycles. The summed E-state index contributed by atoms with van der Waals surface area (Å²) in [5.74, 6) is 0.251. The summed E-state index contributed by atoms with van der Waals surface area (Å²) in [6, 6.07) is 17.1. The van der Waals surface area contributed by atoms with E-state index < -0.39 is 15.9 Å². The van der Waals surface area contributed by atoms with E-state index in [1.54, 1.807) is 48.5 Å². The molecule has 1 amide bonds. The molecule has 162 valence electrons. The van der Waals surface area contributed by atoms with E-state index in [1.807, 2.05) is 0 Å². The van der Waals surface area contributed by atoms with Crippen LogP contribution in [0.25, 0.3) is 0 Å². The number of hydrogen-bond acceptors (Lipinski definition) is 5. The zero-order chi connectivity index (χ0) is 22.4. The second-order valence-corrected chi connectivity index (χ2v) is 8.77. The summed E-state index contributed by atoms with van der Waals surface area (Å²) in [6.07, 6.45) is 0. The molecule has 10 heteroatoms. The van der Waals surface area contributed by atoms with Crippen molar-refractivity contribution in [3.63, 3.8) is 0 Å². The Morgan fingerprint density at radius 1 is 0.968 bits per heavy atom. The van der Waals surface area contributed by atoms with Crippen molar-refractivity contribution in [2.75, 3.05) is 23.8 Å². The average molecular weight is 481 g/mol. The second-order valence-electron chi connectivity index (χ2n) is 6.24. The van der Waals surface area contributed by atoms with E-state index >= 15 is 0 Å². The Morgan fingerprint density at radius 3 is 2.35 bits per heavy atom. The number of methoxy groups -OCH3 is 1. The quantitative estimate of drug-likeness (QED) is 0.481. The lowest BCUT2D eigenvalue weighted by atomic mass is 10.3. The maximum absolute atomic E-state index is 12.6. The highest BCUT2D eigenvalue weighted by Crippen LogP contribution is 2.29. The van der Waals surface area contributed by atoms with Gasteiger partial charge in [0.15, 0.2) is 6.61 Å². The zero-order valence-electron chi connectivity index (χ0n) is 16.3. The smallest absolute Gasteiger partial charge is 0.262 e. The van der Waals surface area contributed by atoms with Crippen LogP contribution in [0.3, 0.4) is 0 Å². The summed E-state index contributed by atoms with van der Waals surface area (Å²) in [5.41, 5.74) is 0.855. The van der Waals surface area contributed by atoms with Gasteiger partial charge < -0.3 is 14.8 Å². The number of ether oxygens (including phenoxy) is 2. The lowest BCUT2D eigenvalue weighted by molar-refractivity contribution is -0.118. The monoisotopic (exact) mass is 480 g/mol. The molecule has 0 spiro atoms. The van der Waals surface area contributed by atoms with Gasteiger partial charge in [0.05, 0.1) is 22.7 Å². The van der Waals surface area contributed by atoms with Crippen LogP contribution in [0, 0.1) is 0 Å². The van der Waals surface area contributed by atoms with Gasteiger partial charge in [-0.05, 0) is 54.6 Å². The molecule has 0 radical (unpaired) electrons. The molecule has 0 aliphatic rings. The number of benzene rings is 3. The van der Waals surface area contributed by atoms with E-state index in [1.165, 1.54) is 25.3 Å². The molecule has 0 unspecified atom stereocenters. The summed E-state index contributed by atoms with van der Waals surface area (Å²) < 4.78 is 38.2. The molecule has 0 aliphatic carbocycles. The van der Waals surface area contributed by atoms with Gasteiger partial charge >= 0.3 is 0 Å². The van der Waals surface area contributed by atoms with Gasteiger partial charge in [-0.15, -0.1) is 0 Å². The Hall–Kier alpha value is -2.94. The zero-order valence-corrected chi connectivity index (χ0v) is 18.6. The summed E-state index contributed by atoms with van der Waals surface area (Å²) in [4.78, 5) is 12.1. The summed E-state index contributed by atoms with van der Waals surface area (Å²) in [7, 11) is -2.37. The van der Waals surface area contributed by atoms with Crippen LogP contribution in [0.1, 0.15) is 0 Å². The van der Waals surface area contributed by atoms with E-state index in [2.05, 4.69) is 10.0 Å². The Kier molecular flexibility index (Phi) is 7.27. The number of carbonyl (C=O) groups is 1. The van der Waals surface area contributed by atoms with Crippen molar-refractivity contribution in [2.45, 2.75) is 4.90 Å². The summed E-state index contributed by atoms with van der Waals surface area (Å²) >= 11 is 12.0. The second kappa shape index (κ2) is 9.91. The van der Waals surface area contributed by atoms with Gasteiger partial charge in [0.25, 0.3) is 15.9 Å². The lowest BCUT2D eigenvalue weighted by Crippen LogP contribution is -2.20. The predicted molar refractivity (Wildman–Crippen MR) is 121 cm³/mol. The molecule has 3 aromatic carbocycles. The number of anilines is 2. The topological polar surface area (TPSA) is 93.7 Å². The largest absolute Gasteiger partial charge is 0.495 e. The van der Waals surface area contributed by atoms with E-state index in [0.717, 1.165) is 0 Å². The Labute approximate surface area is 189 Å². The van der Waals surface area contributed by atoms with Gasteiger partial charge in [-0.25, -0.2) is 8.42 Å². The van der Waals surface area contributed by atoms with Gasteiger partial charge in [0.2, 0.25) is 0 Å². The minimum Gasteiger partial charge on any atom is -0.495 e. The van der Waals surface area contributed by atoms with E-state index in [9.17, 15) is 13.2 Å². The van der Waals surface area contributed by atoms with Crippen molar-refractivity contribution in [1.82, 2.24) is 0 Å². The van der Waals surface area contributed by atoms with Crippen LogP contribution in [0.15, 0.2) is 71.6 Å². The number of nitrogens with one attached hydrogen (secondary N) is 2. The first kappa shape index (κ1) is 22.7. The molecular weight excluding hydrogens is 463 g/mol. The fourth-order valence-electron chi connectivity index (χ4n) is 2.58. The first-order chi connectivity index (χ1) is 14.8. The first-order valence-electron chi connectivity index (χ1n) is 8.92. The van der Waals surface area contributed by atoms with Crippen molar-refractivity contribution in [3.8, 4) is 11.5 Å². The van der Waals surface area contributed by atoms with Gasteiger partial charge in [0, 0.05) is 10.7 Å². The van der Waals surface area contributed by atoms with Crippen molar-refractivity contribution < 1.29 is 22.7 Å². The first-order valence-corrected chi connectivity index (χ1v) is 11.2. The molecule has 3 rings (SSSR count).